The molecule has 2 atom stereocenters. The molecule has 1 aliphatic heterocycles. The van der Waals surface area contributed by atoms with Crippen LogP contribution in [0.25, 0.3) is 0 Å². The van der Waals surface area contributed by atoms with Gasteiger partial charge in [0.05, 0.1) is 5.75 Å². The molecule has 0 spiro atoms. The minimum absolute atomic E-state index is 0.0275. The summed E-state index contributed by atoms with van der Waals surface area (Å²) >= 11 is 1.83. The number of nitrogens with two attached hydrogens (primary N) is 1. The number of hydrogen-bond donors (Lipinski definition) is 1. The van der Waals surface area contributed by atoms with Gasteiger partial charge in [0, 0.05) is 29.3 Å². The number of benzene rings is 1. The van der Waals surface area contributed by atoms with Crippen LogP contribution >= 0.6 is 11.8 Å². The van der Waals surface area contributed by atoms with Crippen molar-refractivity contribution in [2.24, 2.45) is 0 Å². The van der Waals surface area contributed by atoms with Crippen molar-refractivity contribution in [1.29, 1.82) is 0 Å². The second-order valence-electron chi connectivity index (χ2n) is 4.93. The van der Waals surface area contributed by atoms with E-state index in [1.807, 2.05) is 18.7 Å². The average Bonchev–Trinajstić information content (AvgIpc) is 2.32. The van der Waals surface area contributed by atoms with E-state index in [9.17, 15) is 8.42 Å². The van der Waals surface area contributed by atoms with Crippen molar-refractivity contribution >= 4 is 27.5 Å². The molecule has 2 unspecified atom stereocenters. The van der Waals surface area contributed by atoms with E-state index in [1.165, 1.54) is 0 Å². The van der Waals surface area contributed by atoms with Gasteiger partial charge < -0.3 is 5.73 Å². The van der Waals surface area contributed by atoms with Gasteiger partial charge in [-0.25, -0.2) is 8.42 Å². The molecule has 106 valence electrons. The van der Waals surface area contributed by atoms with Gasteiger partial charge in [-0.1, -0.05) is 19.1 Å². The maximum Gasteiger partial charge on any atom is 0.218 e. The van der Waals surface area contributed by atoms with Crippen LogP contribution in [0.1, 0.15) is 19.4 Å². The molecule has 4 nitrogen and oxygen atoms in total. The molecule has 1 aromatic rings. The first-order valence-electron chi connectivity index (χ1n) is 6.36. The van der Waals surface area contributed by atoms with Crippen molar-refractivity contribution in [2.75, 3.05) is 18.0 Å². The molecule has 2 rings (SSSR count). The van der Waals surface area contributed by atoms with Gasteiger partial charge >= 0.3 is 0 Å². The Labute approximate surface area is 119 Å². The highest BCUT2D eigenvalue weighted by molar-refractivity contribution is 8.00. The molecule has 0 bridgehead atoms. The highest BCUT2D eigenvalue weighted by Crippen LogP contribution is 2.27. The molecular formula is C13H20N2O2S2. The summed E-state index contributed by atoms with van der Waals surface area (Å²) < 4.78 is 26.6. The maximum atomic E-state index is 12.5. The maximum absolute atomic E-state index is 12.5. The van der Waals surface area contributed by atoms with E-state index in [0.717, 1.165) is 11.3 Å². The molecule has 2 N–H and O–H groups in total. The first-order valence-corrected chi connectivity index (χ1v) is 9.01. The lowest BCUT2D eigenvalue weighted by molar-refractivity contribution is 0.340. The lowest BCUT2D eigenvalue weighted by Gasteiger charge is -2.36. The predicted molar refractivity (Wildman–Crippen MR) is 81.6 cm³/mol. The normalized spacial score (nSPS) is 25.4. The SMILES string of the molecule is CC1SCCN(S(=O)(=O)Cc2cccc(N)c2)C1C. The monoisotopic (exact) mass is 300 g/mol. The van der Waals surface area contributed by atoms with E-state index in [1.54, 1.807) is 28.6 Å². The van der Waals surface area contributed by atoms with Gasteiger partial charge in [0.25, 0.3) is 0 Å². The van der Waals surface area contributed by atoms with Crippen molar-refractivity contribution in [3.8, 4) is 0 Å². The molecule has 1 aliphatic rings. The zero-order chi connectivity index (χ0) is 14.0. The van der Waals surface area contributed by atoms with E-state index < -0.39 is 10.0 Å². The highest BCUT2D eigenvalue weighted by atomic mass is 32.2. The molecule has 1 saturated heterocycles. The largest absolute Gasteiger partial charge is 0.399 e. The Bertz CT molecular complexity index is 545. The molecular weight excluding hydrogens is 280 g/mol. The Morgan fingerprint density at radius 1 is 1.42 bits per heavy atom. The van der Waals surface area contributed by atoms with Crippen LogP contribution in [0, 0.1) is 0 Å². The fourth-order valence-corrected chi connectivity index (χ4v) is 5.39. The van der Waals surface area contributed by atoms with Crippen LogP contribution in [0.2, 0.25) is 0 Å². The van der Waals surface area contributed by atoms with Crippen LogP contribution in [0.4, 0.5) is 5.69 Å². The van der Waals surface area contributed by atoms with Crippen LogP contribution in [0.3, 0.4) is 0 Å². The molecule has 6 heteroatoms. The topological polar surface area (TPSA) is 63.4 Å². The highest BCUT2D eigenvalue weighted by Gasteiger charge is 2.33. The first-order chi connectivity index (χ1) is 8.90. The van der Waals surface area contributed by atoms with Crippen molar-refractivity contribution < 1.29 is 8.42 Å². The summed E-state index contributed by atoms with van der Waals surface area (Å²) in [7, 11) is -3.27. The predicted octanol–water partition coefficient (Wildman–Crippen LogP) is 1.92. The number of hydrogen-bond acceptors (Lipinski definition) is 4. The molecule has 0 saturated carbocycles. The Morgan fingerprint density at radius 2 is 2.16 bits per heavy atom. The summed E-state index contributed by atoms with van der Waals surface area (Å²) in [6.07, 6.45) is 0. The molecule has 0 amide bonds. The smallest absolute Gasteiger partial charge is 0.218 e. The third-order valence-electron chi connectivity index (χ3n) is 3.48. The number of rotatable bonds is 3. The Kier molecular flexibility index (Phi) is 4.43. The first kappa shape index (κ1) is 14.7. The van der Waals surface area contributed by atoms with E-state index >= 15 is 0 Å². The molecule has 0 aromatic heterocycles. The van der Waals surface area contributed by atoms with Crippen LogP contribution in [0.15, 0.2) is 24.3 Å². The van der Waals surface area contributed by atoms with Gasteiger partial charge in [-0.05, 0) is 24.6 Å². The van der Waals surface area contributed by atoms with Crippen molar-refractivity contribution in [2.45, 2.75) is 30.9 Å². The zero-order valence-electron chi connectivity index (χ0n) is 11.2. The van der Waals surface area contributed by atoms with E-state index in [4.69, 9.17) is 5.73 Å². The van der Waals surface area contributed by atoms with Gasteiger partial charge in [0.15, 0.2) is 0 Å². The fourth-order valence-electron chi connectivity index (χ4n) is 2.27. The minimum atomic E-state index is -3.27. The molecule has 1 fully saturated rings. The van der Waals surface area contributed by atoms with Crippen LogP contribution < -0.4 is 5.73 Å². The molecule has 0 radical (unpaired) electrons. The van der Waals surface area contributed by atoms with Gasteiger partial charge in [-0.15, -0.1) is 0 Å². The Balaban J connectivity index is 2.18. The Hall–Kier alpha value is -0.720. The quantitative estimate of drug-likeness (QED) is 0.866. The summed E-state index contributed by atoms with van der Waals surface area (Å²) in [5.74, 6) is 0.890. The van der Waals surface area contributed by atoms with Crippen molar-refractivity contribution in [3.05, 3.63) is 29.8 Å². The second kappa shape index (κ2) is 5.73. The van der Waals surface area contributed by atoms with E-state index in [2.05, 4.69) is 6.92 Å². The van der Waals surface area contributed by atoms with Gasteiger partial charge in [0.2, 0.25) is 10.0 Å². The number of thioether (sulfide) groups is 1. The summed E-state index contributed by atoms with van der Waals surface area (Å²) in [6.45, 7) is 4.66. The third-order valence-corrected chi connectivity index (χ3v) is 6.75. The van der Waals surface area contributed by atoms with Crippen molar-refractivity contribution in [1.82, 2.24) is 4.31 Å². The fraction of sp³-hybridized carbons (Fsp3) is 0.538. The van der Waals surface area contributed by atoms with Gasteiger partial charge in [-0.3, -0.25) is 0 Å². The summed E-state index contributed by atoms with van der Waals surface area (Å²) in [4.78, 5) is 0. The number of nitrogens with zero attached hydrogens (tertiary/aromatic N) is 1. The van der Waals surface area contributed by atoms with Crippen molar-refractivity contribution in [3.63, 3.8) is 0 Å². The molecule has 1 aromatic carbocycles. The minimum Gasteiger partial charge on any atom is -0.399 e. The van der Waals surface area contributed by atoms with Gasteiger partial charge in [-0.2, -0.15) is 16.1 Å². The number of nitrogen functional groups attached to an aromatic ring is 1. The number of anilines is 1. The van der Waals surface area contributed by atoms with E-state index in [0.29, 0.717) is 17.5 Å². The molecule has 1 heterocycles. The lowest BCUT2D eigenvalue weighted by atomic mass is 10.2. The molecule has 0 aliphatic carbocycles. The average molecular weight is 300 g/mol. The second-order valence-corrected chi connectivity index (χ2v) is 8.34. The summed E-state index contributed by atoms with van der Waals surface area (Å²) in [5, 5.41) is 0.337. The van der Waals surface area contributed by atoms with Crippen LogP contribution in [-0.4, -0.2) is 36.3 Å². The van der Waals surface area contributed by atoms with Crippen LogP contribution in [0.5, 0.6) is 0 Å². The number of sulfonamides is 1. The molecule has 19 heavy (non-hydrogen) atoms. The Morgan fingerprint density at radius 3 is 2.84 bits per heavy atom. The summed E-state index contributed by atoms with van der Waals surface area (Å²) in [6, 6.07) is 7.13. The summed E-state index contributed by atoms with van der Waals surface area (Å²) in [5.41, 5.74) is 7.04. The van der Waals surface area contributed by atoms with Crippen LogP contribution in [-0.2, 0) is 15.8 Å². The lowest BCUT2D eigenvalue weighted by Crippen LogP contribution is -2.48. The third kappa shape index (κ3) is 3.43. The van der Waals surface area contributed by atoms with Gasteiger partial charge in [0.1, 0.15) is 0 Å². The van der Waals surface area contributed by atoms with E-state index in [-0.39, 0.29) is 11.8 Å². The zero-order valence-corrected chi connectivity index (χ0v) is 12.9. The standard InChI is InChI=1S/C13H20N2O2S2/c1-10-11(2)18-7-6-15(10)19(16,17)9-12-4-3-5-13(14)8-12/h3-5,8,10-11H,6-7,9,14H2,1-2H3.